The van der Waals surface area contributed by atoms with Crippen LogP contribution in [0.3, 0.4) is 0 Å². The van der Waals surface area contributed by atoms with Crippen molar-refractivity contribution in [2.45, 2.75) is 34.1 Å². The molecule has 0 amide bonds. The zero-order chi connectivity index (χ0) is 8.85. The molecule has 1 atom stereocenters. The largest absolute Gasteiger partial charge is 0.295 e. The van der Waals surface area contributed by atoms with Crippen LogP contribution in [0.5, 0.6) is 0 Å². The highest BCUT2D eigenvalue weighted by molar-refractivity contribution is 5.87. The monoisotopic (exact) mass is 154 g/mol. The maximum Gasteiger partial charge on any atom is 0.152 e. The maximum atomic E-state index is 10.6. The fraction of sp³-hybridized carbons (Fsp3) is 0.700. The molecule has 1 nitrogen and oxygen atoms in total. The number of rotatable bonds is 4. The lowest BCUT2D eigenvalue weighted by molar-refractivity contribution is -0.112. The Labute approximate surface area is 69.5 Å². The van der Waals surface area contributed by atoms with E-state index in [0.717, 1.165) is 6.42 Å². The van der Waals surface area contributed by atoms with Crippen molar-refractivity contribution in [2.24, 2.45) is 11.8 Å². The van der Waals surface area contributed by atoms with Gasteiger partial charge in [0.25, 0.3) is 0 Å². The molecular formula is C10H18O. The molecule has 0 radical (unpaired) electrons. The quantitative estimate of drug-likeness (QED) is 0.569. The number of carbonyl (C=O) groups is 1. The van der Waals surface area contributed by atoms with Crippen LogP contribution < -0.4 is 0 Å². The summed E-state index contributed by atoms with van der Waals surface area (Å²) in [5, 5.41) is 0. The molecule has 0 aromatic heterocycles. The van der Waals surface area contributed by atoms with Crippen molar-refractivity contribution in [2.75, 3.05) is 0 Å². The number of allylic oxidation sites excluding steroid dienone is 2. The van der Waals surface area contributed by atoms with Gasteiger partial charge in [0.05, 0.1) is 0 Å². The summed E-state index contributed by atoms with van der Waals surface area (Å²) in [5.41, 5.74) is 0. The van der Waals surface area contributed by atoms with Gasteiger partial charge < -0.3 is 0 Å². The van der Waals surface area contributed by atoms with Crippen LogP contribution in [0.1, 0.15) is 34.1 Å². The highest BCUT2D eigenvalue weighted by Gasteiger charge is 2.05. The second-order valence-electron chi connectivity index (χ2n) is 3.29. The number of hydrogen-bond donors (Lipinski definition) is 0. The predicted molar refractivity (Wildman–Crippen MR) is 48.4 cm³/mol. The molecule has 0 aliphatic heterocycles. The van der Waals surface area contributed by atoms with Gasteiger partial charge >= 0.3 is 0 Å². The summed E-state index contributed by atoms with van der Waals surface area (Å²) >= 11 is 0. The third-order valence-electron chi connectivity index (χ3n) is 1.91. The second kappa shape index (κ2) is 5.11. The molecule has 0 fully saturated rings. The highest BCUT2D eigenvalue weighted by Crippen LogP contribution is 2.15. The van der Waals surface area contributed by atoms with Crippen molar-refractivity contribution < 1.29 is 4.79 Å². The van der Waals surface area contributed by atoms with Gasteiger partial charge in [-0.1, -0.05) is 26.8 Å². The van der Waals surface area contributed by atoms with Crippen molar-refractivity contribution in [1.29, 1.82) is 0 Å². The first kappa shape index (κ1) is 10.4. The topological polar surface area (TPSA) is 17.1 Å². The Balaban J connectivity index is 3.97. The smallest absolute Gasteiger partial charge is 0.152 e. The van der Waals surface area contributed by atoms with Crippen LogP contribution in [0, 0.1) is 11.8 Å². The van der Waals surface area contributed by atoms with E-state index in [0.29, 0.717) is 11.8 Å². The minimum absolute atomic E-state index is 0.143. The van der Waals surface area contributed by atoms with Crippen LogP contribution in [0.15, 0.2) is 12.2 Å². The Bertz CT molecular complexity index is 145. The first-order chi connectivity index (χ1) is 5.07. The summed E-state index contributed by atoms with van der Waals surface area (Å²) in [6, 6.07) is 0. The Morgan fingerprint density at radius 2 is 2.00 bits per heavy atom. The van der Waals surface area contributed by atoms with Crippen molar-refractivity contribution in [1.82, 2.24) is 0 Å². The zero-order valence-corrected chi connectivity index (χ0v) is 7.92. The SMILES string of the molecule is CCC(/C=C/C(C)=O)C(C)C. The molecule has 0 heterocycles. The van der Waals surface area contributed by atoms with Crippen molar-refractivity contribution in [3.8, 4) is 0 Å². The van der Waals surface area contributed by atoms with E-state index < -0.39 is 0 Å². The Kier molecular flexibility index (Phi) is 4.84. The van der Waals surface area contributed by atoms with Gasteiger partial charge in [-0.25, -0.2) is 0 Å². The number of ketones is 1. The van der Waals surface area contributed by atoms with E-state index in [4.69, 9.17) is 0 Å². The lowest BCUT2D eigenvalue weighted by Crippen LogP contribution is -2.03. The molecular weight excluding hydrogens is 136 g/mol. The van der Waals surface area contributed by atoms with Crippen LogP contribution in [0.2, 0.25) is 0 Å². The van der Waals surface area contributed by atoms with E-state index in [2.05, 4.69) is 20.8 Å². The van der Waals surface area contributed by atoms with Gasteiger partial charge in [0.1, 0.15) is 0 Å². The van der Waals surface area contributed by atoms with E-state index in [-0.39, 0.29) is 5.78 Å². The van der Waals surface area contributed by atoms with Crippen LogP contribution in [-0.4, -0.2) is 5.78 Å². The molecule has 1 heteroatoms. The maximum absolute atomic E-state index is 10.6. The van der Waals surface area contributed by atoms with Crippen LogP contribution in [0.4, 0.5) is 0 Å². The van der Waals surface area contributed by atoms with Crippen molar-refractivity contribution in [3.05, 3.63) is 12.2 Å². The molecule has 0 aliphatic rings. The van der Waals surface area contributed by atoms with E-state index in [1.807, 2.05) is 6.08 Å². The molecule has 0 rings (SSSR count). The molecule has 0 aromatic rings. The average molecular weight is 154 g/mol. The summed E-state index contributed by atoms with van der Waals surface area (Å²) < 4.78 is 0. The third-order valence-corrected chi connectivity index (χ3v) is 1.91. The summed E-state index contributed by atoms with van der Waals surface area (Å²) in [6.07, 6.45) is 4.81. The summed E-state index contributed by atoms with van der Waals surface area (Å²) in [5.74, 6) is 1.33. The first-order valence-corrected chi connectivity index (χ1v) is 4.26. The van der Waals surface area contributed by atoms with Gasteiger partial charge in [-0.2, -0.15) is 0 Å². The lowest BCUT2D eigenvalue weighted by atomic mass is 9.93. The van der Waals surface area contributed by atoms with Gasteiger partial charge in [0, 0.05) is 0 Å². The number of carbonyl (C=O) groups excluding carboxylic acids is 1. The Hall–Kier alpha value is -0.590. The van der Waals surface area contributed by atoms with Gasteiger partial charge in [0.15, 0.2) is 5.78 Å². The van der Waals surface area contributed by atoms with E-state index in [1.165, 1.54) is 0 Å². The molecule has 11 heavy (non-hydrogen) atoms. The molecule has 0 bridgehead atoms. The molecule has 0 N–H and O–H groups in total. The van der Waals surface area contributed by atoms with Crippen LogP contribution in [-0.2, 0) is 4.79 Å². The van der Waals surface area contributed by atoms with Crippen molar-refractivity contribution in [3.63, 3.8) is 0 Å². The van der Waals surface area contributed by atoms with E-state index in [1.54, 1.807) is 13.0 Å². The van der Waals surface area contributed by atoms with E-state index in [9.17, 15) is 4.79 Å². The summed E-state index contributed by atoms with van der Waals surface area (Å²) in [6.45, 7) is 8.09. The molecule has 0 spiro atoms. The van der Waals surface area contributed by atoms with E-state index >= 15 is 0 Å². The molecule has 1 unspecified atom stereocenters. The van der Waals surface area contributed by atoms with Gasteiger partial charge in [-0.15, -0.1) is 0 Å². The molecule has 64 valence electrons. The fourth-order valence-corrected chi connectivity index (χ4v) is 1.09. The Morgan fingerprint density at radius 3 is 2.27 bits per heavy atom. The Morgan fingerprint density at radius 1 is 1.45 bits per heavy atom. The minimum Gasteiger partial charge on any atom is -0.295 e. The standard InChI is InChI=1S/C10H18O/c1-5-10(8(2)3)7-6-9(4)11/h6-8,10H,5H2,1-4H3/b7-6+. The first-order valence-electron chi connectivity index (χ1n) is 4.26. The zero-order valence-electron chi connectivity index (χ0n) is 7.92. The second-order valence-corrected chi connectivity index (χ2v) is 3.29. The molecule has 0 aliphatic carbocycles. The third kappa shape index (κ3) is 4.77. The fourth-order valence-electron chi connectivity index (χ4n) is 1.09. The average Bonchev–Trinajstić information content (AvgIpc) is 1.87. The summed E-state index contributed by atoms with van der Waals surface area (Å²) in [4.78, 5) is 10.6. The lowest BCUT2D eigenvalue weighted by Gasteiger charge is -2.13. The van der Waals surface area contributed by atoms with Crippen molar-refractivity contribution >= 4 is 5.78 Å². The van der Waals surface area contributed by atoms with Gasteiger partial charge in [0.2, 0.25) is 0 Å². The predicted octanol–water partition coefficient (Wildman–Crippen LogP) is 2.81. The summed E-state index contributed by atoms with van der Waals surface area (Å²) in [7, 11) is 0. The van der Waals surface area contributed by atoms with Gasteiger partial charge in [-0.3, -0.25) is 4.79 Å². The molecule has 0 saturated carbocycles. The number of hydrogen-bond acceptors (Lipinski definition) is 1. The van der Waals surface area contributed by atoms with Crippen LogP contribution >= 0.6 is 0 Å². The highest BCUT2D eigenvalue weighted by atomic mass is 16.1. The minimum atomic E-state index is 0.143. The normalized spacial score (nSPS) is 14.3. The molecule has 0 saturated heterocycles. The van der Waals surface area contributed by atoms with Gasteiger partial charge in [-0.05, 0) is 31.3 Å². The van der Waals surface area contributed by atoms with Crippen LogP contribution in [0.25, 0.3) is 0 Å². The molecule has 0 aromatic carbocycles.